The maximum atomic E-state index is 12.2. The minimum Gasteiger partial charge on any atom is -0.465 e. The second kappa shape index (κ2) is 7.42. The van der Waals surface area contributed by atoms with Gasteiger partial charge in [-0.25, -0.2) is 4.79 Å². The molecule has 1 aromatic rings. The second-order valence-corrected chi connectivity index (χ2v) is 7.47. The van der Waals surface area contributed by atoms with Crippen LogP contribution in [0.1, 0.15) is 54.4 Å². The van der Waals surface area contributed by atoms with Gasteiger partial charge in [-0.05, 0) is 56.3 Å². The average Bonchev–Trinajstić information content (AvgIpc) is 2.82. The summed E-state index contributed by atoms with van der Waals surface area (Å²) in [6.45, 7) is 6.43. The molecule has 2 N–H and O–H groups in total. The molecule has 0 amide bonds. The number of thiophene rings is 1. The van der Waals surface area contributed by atoms with Crippen molar-refractivity contribution in [2.75, 3.05) is 12.4 Å². The summed E-state index contributed by atoms with van der Waals surface area (Å²) in [6, 6.07) is 0.302. The third-order valence-corrected chi connectivity index (χ3v) is 5.51. The van der Waals surface area contributed by atoms with E-state index in [2.05, 4.69) is 31.4 Å². The summed E-state index contributed by atoms with van der Waals surface area (Å²) in [5.41, 5.74) is 1.81. The lowest BCUT2D eigenvalue weighted by Gasteiger charge is -2.18. The van der Waals surface area contributed by atoms with Crippen LogP contribution in [0.4, 0.5) is 5.00 Å². The summed E-state index contributed by atoms with van der Waals surface area (Å²) in [7, 11) is 1.43. The van der Waals surface area contributed by atoms with Crippen LogP contribution >= 0.6 is 23.6 Å². The van der Waals surface area contributed by atoms with Crippen molar-refractivity contribution in [1.82, 2.24) is 5.32 Å². The highest BCUT2D eigenvalue weighted by molar-refractivity contribution is 7.80. The number of carbonyl (C=O) groups excluding carboxylic acids is 1. The highest BCUT2D eigenvalue weighted by Crippen LogP contribution is 2.39. The van der Waals surface area contributed by atoms with Crippen molar-refractivity contribution >= 4 is 39.6 Å². The van der Waals surface area contributed by atoms with Gasteiger partial charge in [-0.2, -0.15) is 0 Å². The van der Waals surface area contributed by atoms with Crippen LogP contribution in [-0.4, -0.2) is 24.2 Å². The van der Waals surface area contributed by atoms with Gasteiger partial charge in [0.1, 0.15) is 5.00 Å². The molecule has 0 bridgehead atoms. The first-order chi connectivity index (χ1) is 10.5. The zero-order valence-electron chi connectivity index (χ0n) is 13.6. The molecule has 2 unspecified atom stereocenters. The van der Waals surface area contributed by atoms with Crippen molar-refractivity contribution < 1.29 is 9.53 Å². The maximum absolute atomic E-state index is 12.2. The van der Waals surface area contributed by atoms with E-state index in [1.165, 1.54) is 12.0 Å². The highest BCUT2D eigenvalue weighted by atomic mass is 32.1. The molecule has 0 aromatic carbocycles. The molecule has 6 heteroatoms. The molecular weight excluding hydrogens is 316 g/mol. The van der Waals surface area contributed by atoms with E-state index < -0.39 is 0 Å². The van der Waals surface area contributed by atoms with Gasteiger partial charge in [-0.15, -0.1) is 11.3 Å². The number of rotatable bonds is 4. The van der Waals surface area contributed by atoms with Gasteiger partial charge in [0.05, 0.1) is 12.7 Å². The van der Waals surface area contributed by atoms with Crippen LogP contribution in [0, 0.1) is 5.92 Å². The highest BCUT2D eigenvalue weighted by Gasteiger charge is 2.28. The molecule has 2 rings (SSSR count). The Balaban J connectivity index is 2.26. The summed E-state index contributed by atoms with van der Waals surface area (Å²) in [4.78, 5) is 13.5. The molecular formula is C16H24N2O2S2. The Bertz CT molecular complexity index is 569. The number of fused-ring (bicyclic) bond motifs is 1. The van der Waals surface area contributed by atoms with Gasteiger partial charge in [0.15, 0.2) is 5.11 Å². The van der Waals surface area contributed by atoms with Crippen molar-refractivity contribution in [1.29, 1.82) is 0 Å². The number of methoxy groups -OCH3 is 1. The van der Waals surface area contributed by atoms with Crippen molar-refractivity contribution in [3.05, 3.63) is 16.0 Å². The number of esters is 1. The van der Waals surface area contributed by atoms with Crippen LogP contribution in [0.5, 0.6) is 0 Å². The molecule has 4 nitrogen and oxygen atoms in total. The summed E-state index contributed by atoms with van der Waals surface area (Å²) in [6.07, 6.45) is 4.06. The van der Waals surface area contributed by atoms with E-state index in [1.54, 1.807) is 11.3 Å². The minimum absolute atomic E-state index is 0.277. The third-order valence-electron chi connectivity index (χ3n) is 4.12. The topological polar surface area (TPSA) is 50.4 Å². The fourth-order valence-electron chi connectivity index (χ4n) is 2.62. The molecule has 1 aromatic heterocycles. The predicted molar refractivity (Wildman–Crippen MR) is 96.0 cm³/mol. The second-order valence-electron chi connectivity index (χ2n) is 5.96. The van der Waals surface area contributed by atoms with Crippen LogP contribution in [-0.2, 0) is 17.6 Å². The molecule has 122 valence electrons. The van der Waals surface area contributed by atoms with E-state index in [4.69, 9.17) is 17.0 Å². The van der Waals surface area contributed by atoms with E-state index >= 15 is 0 Å². The van der Waals surface area contributed by atoms with Crippen LogP contribution in [0.3, 0.4) is 0 Å². The molecule has 0 saturated heterocycles. The standard InChI is InChI=1S/C16H24N2O2S2/c1-5-10(3)17-16(21)18-14-13(15(19)20-4)11-7-6-9(2)8-12(11)22-14/h9-10H,5-8H2,1-4H3,(H2,17,18,21). The fourth-order valence-corrected chi connectivity index (χ4v) is 4.39. The van der Waals surface area contributed by atoms with Gasteiger partial charge >= 0.3 is 5.97 Å². The Morgan fingerprint density at radius 2 is 2.27 bits per heavy atom. The van der Waals surface area contributed by atoms with E-state index in [9.17, 15) is 4.79 Å². The first-order valence-electron chi connectivity index (χ1n) is 7.76. The van der Waals surface area contributed by atoms with Crippen molar-refractivity contribution in [3.63, 3.8) is 0 Å². The Morgan fingerprint density at radius 1 is 1.55 bits per heavy atom. The van der Waals surface area contributed by atoms with Crippen LogP contribution in [0.2, 0.25) is 0 Å². The fraction of sp³-hybridized carbons (Fsp3) is 0.625. The van der Waals surface area contributed by atoms with E-state index in [0.717, 1.165) is 36.2 Å². The quantitative estimate of drug-likeness (QED) is 0.646. The third kappa shape index (κ3) is 3.79. The molecule has 0 saturated carbocycles. The van der Waals surface area contributed by atoms with Crippen molar-refractivity contribution in [2.24, 2.45) is 5.92 Å². The van der Waals surface area contributed by atoms with Crippen molar-refractivity contribution in [2.45, 2.75) is 52.5 Å². The molecule has 1 heterocycles. The van der Waals surface area contributed by atoms with E-state index in [0.29, 0.717) is 22.6 Å². The number of anilines is 1. The summed E-state index contributed by atoms with van der Waals surface area (Å²) in [5, 5.41) is 7.80. The zero-order valence-corrected chi connectivity index (χ0v) is 15.2. The molecule has 0 radical (unpaired) electrons. The number of hydrogen-bond acceptors (Lipinski definition) is 4. The lowest BCUT2D eigenvalue weighted by molar-refractivity contribution is 0.0601. The number of nitrogens with one attached hydrogen (secondary N) is 2. The van der Waals surface area contributed by atoms with Gasteiger partial charge in [0.2, 0.25) is 0 Å². The van der Waals surface area contributed by atoms with Gasteiger partial charge < -0.3 is 15.4 Å². The Hall–Kier alpha value is -1.14. The summed E-state index contributed by atoms with van der Waals surface area (Å²) < 4.78 is 4.98. The number of ether oxygens (including phenoxy) is 1. The summed E-state index contributed by atoms with van der Waals surface area (Å²) >= 11 is 6.99. The lowest BCUT2D eigenvalue weighted by Crippen LogP contribution is -2.35. The molecule has 1 aliphatic rings. The molecule has 0 fully saturated rings. The van der Waals surface area contributed by atoms with Gasteiger partial charge in [0, 0.05) is 10.9 Å². The first-order valence-corrected chi connectivity index (χ1v) is 8.99. The monoisotopic (exact) mass is 340 g/mol. The van der Waals surface area contributed by atoms with Crippen LogP contribution in [0.15, 0.2) is 0 Å². The SMILES string of the molecule is CCC(C)NC(=S)Nc1sc2c(c1C(=O)OC)CCC(C)C2. The maximum Gasteiger partial charge on any atom is 0.341 e. The predicted octanol–water partition coefficient (Wildman–Crippen LogP) is 3.74. The van der Waals surface area contributed by atoms with Crippen LogP contribution < -0.4 is 10.6 Å². The number of thiocarbonyl (C=S) groups is 1. The van der Waals surface area contributed by atoms with E-state index in [1.807, 2.05) is 0 Å². The first kappa shape index (κ1) is 17.2. The van der Waals surface area contributed by atoms with E-state index in [-0.39, 0.29) is 5.97 Å². The zero-order chi connectivity index (χ0) is 16.3. The summed E-state index contributed by atoms with van der Waals surface area (Å²) in [5.74, 6) is 0.385. The lowest BCUT2D eigenvalue weighted by atomic mass is 9.88. The van der Waals surface area contributed by atoms with Crippen molar-refractivity contribution in [3.8, 4) is 0 Å². The number of carbonyl (C=O) groups is 1. The Labute approximate surface area is 141 Å². The van der Waals surface area contributed by atoms with Gasteiger partial charge in [-0.1, -0.05) is 13.8 Å². The molecule has 1 aliphatic carbocycles. The minimum atomic E-state index is -0.277. The normalized spacial score (nSPS) is 18.3. The smallest absolute Gasteiger partial charge is 0.341 e. The van der Waals surface area contributed by atoms with Gasteiger partial charge in [-0.3, -0.25) is 0 Å². The number of hydrogen-bond donors (Lipinski definition) is 2. The van der Waals surface area contributed by atoms with Gasteiger partial charge in [0.25, 0.3) is 0 Å². The molecule has 2 atom stereocenters. The molecule has 0 spiro atoms. The molecule has 0 aliphatic heterocycles. The Kier molecular flexibility index (Phi) is 5.81. The average molecular weight is 341 g/mol. The Morgan fingerprint density at radius 3 is 2.91 bits per heavy atom. The van der Waals surface area contributed by atoms with Crippen LogP contribution in [0.25, 0.3) is 0 Å². The molecule has 22 heavy (non-hydrogen) atoms. The largest absolute Gasteiger partial charge is 0.465 e.